The molecule has 0 radical (unpaired) electrons. The molecule has 0 fully saturated rings. The van der Waals surface area contributed by atoms with Crippen LogP contribution in [0.2, 0.25) is 0 Å². The second kappa shape index (κ2) is 8.19. The summed E-state index contributed by atoms with van der Waals surface area (Å²) in [6.07, 6.45) is 1.93. The molecule has 5 heteroatoms. The van der Waals surface area contributed by atoms with Gasteiger partial charge in [-0.25, -0.2) is 9.97 Å². The number of hydrogen-bond donors (Lipinski definition) is 0. The number of hydrogen-bond acceptors (Lipinski definition) is 5. The zero-order valence-electron chi connectivity index (χ0n) is 14.1. The van der Waals surface area contributed by atoms with Crippen LogP contribution in [0.5, 0.6) is 0 Å². The number of nitrogens with zero attached hydrogens (tertiary/aromatic N) is 3. The van der Waals surface area contributed by atoms with E-state index in [-0.39, 0.29) is 0 Å². The van der Waals surface area contributed by atoms with Gasteiger partial charge in [-0.15, -0.1) is 23.5 Å². The van der Waals surface area contributed by atoms with Crippen LogP contribution in [0.1, 0.15) is 17.0 Å². The standard InChI is InChI=1S/C20H17N3S2/c1-14-22-19(18(12-21)20(23-14)24-2)16-8-6-7-15(11-16)13-25-17-9-4-3-5-10-17/h3-11H,13H2,1-2H3. The van der Waals surface area contributed by atoms with Crippen molar-refractivity contribution in [2.24, 2.45) is 0 Å². The molecule has 0 aliphatic rings. The molecule has 2 aromatic carbocycles. The number of rotatable bonds is 5. The summed E-state index contributed by atoms with van der Waals surface area (Å²) >= 11 is 3.27. The Bertz CT molecular complexity index is 918. The summed E-state index contributed by atoms with van der Waals surface area (Å²) in [6.45, 7) is 1.86. The lowest BCUT2D eigenvalue weighted by atomic mass is 10.1. The minimum Gasteiger partial charge on any atom is -0.232 e. The number of nitriles is 1. The van der Waals surface area contributed by atoms with Gasteiger partial charge in [-0.3, -0.25) is 0 Å². The molecule has 3 rings (SSSR count). The van der Waals surface area contributed by atoms with Crippen LogP contribution in [-0.4, -0.2) is 16.2 Å². The molecular formula is C20H17N3S2. The number of aryl methyl sites for hydroxylation is 1. The van der Waals surface area contributed by atoms with Crippen molar-refractivity contribution in [3.63, 3.8) is 0 Å². The monoisotopic (exact) mass is 363 g/mol. The van der Waals surface area contributed by atoms with Crippen molar-refractivity contribution in [2.45, 2.75) is 22.6 Å². The fourth-order valence-electron chi connectivity index (χ4n) is 2.50. The fourth-order valence-corrected chi connectivity index (χ4v) is 3.93. The lowest BCUT2D eigenvalue weighted by Crippen LogP contribution is -1.99. The van der Waals surface area contributed by atoms with E-state index in [1.165, 1.54) is 22.2 Å². The molecule has 0 atom stereocenters. The molecule has 0 saturated heterocycles. The number of aromatic nitrogens is 2. The largest absolute Gasteiger partial charge is 0.232 e. The minimum absolute atomic E-state index is 0.547. The number of benzene rings is 2. The minimum atomic E-state index is 0.547. The third-order valence-electron chi connectivity index (χ3n) is 3.64. The van der Waals surface area contributed by atoms with Crippen LogP contribution in [0.15, 0.2) is 64.5 Å². The zero-order chi connectivity index (χ0) is 17.6. The van der Waals surface area contributed by atoms with E-state index in [1.807, 2.05) is 43.5 Å². The SMILES string of the molecule is CSc1nc(C)nc(-c2cccc(CSc3ccccc3)c2)c1C#N. The van der Waals surface area contributed by atoms with Crippen molar-refractivity contribution >= 4 is 23.5 Å². The Hall–Kier alpha value is -2.29. The smallest absolute Gasteiger partial charge is 0.127 e. The van der Waals surface area contributed by atoms with Gasteiger partial charge in [0.25, 0.3) is 0 Å². The van der Waals surface area contributed by atoms with Crippen LogP contribution >= 0.6 is 23.5 Å². The molecular weight excluding hydrogens is 346 g/mol. The van der Waals surface area contributed by atoms with Gasteiger partial charge >= 0.3 is 0 Å². The summed E-state index contributed by atoms with van der Waals surface area (Å²) in [6, 6.07) is 20.9. The quantitative estimate of drug-likeness (QED) is 0.452. The normalized spacial score (nSPS) is 10.4. The molecule has 0 spiro atoms. The molecule has 25 heavy (non-hydrogen) atoms. The van der Waals surface area contributed by atoms with Crippen LogP contribution in [-0.2, 0) is 5.75 Å². The van der Waals surface area contributed by atoms with Crippen LogP contribution in [0, 0.1) is 18.3 Å². The van der Waals surface area contributed by atoms with Gasteiger partial charge in [-0.05, 0) is 36.9 Å². The first-order valence-corrected chi connectivity index (χ1v) is 10.0. The van der Waals surface area contributed by atoms with E-state index in [9.17, 15) is 5.26 Å². The molecule has 3 nitrogen and oxygen atoms in total. The van der Waals surface area contributed by atoms with Crippen molar-refractivity contribution in [1.82, 2.24) is 9.97 Å². The molecule has 0 saturated carbocycles. The average Bonchev–Trinajstić information content (AvgIpc) is 2.66. The summed E-state index contributed by atoms with van der Waals surface area (Å²) in [5, 5.41) is 10.3. The highest BCUT2D eigenvalue weighted by atomic mass is 32.2. The van der Waals surface area contributed by atoms with Gasteiger partial charge in [0.15, 0.2) is 0 Å². The molecule has 0 N–H and O–H groups in total. The Morgan fingerprint density at radius 1 is 1.04 bits per heavy atom. The lowest BCUT2D eigenvalue weighted by molar-refractivity contribution is 0.962. The van der Waals surface area contributed by atoms with Gasteiger partial charge in [0.2, 0.25) is 0 Å². The van der Waals surface area contributed by atoms with Crippen molar-refractivity contribution in [1.29, 1.82) is 5.26 Å². The second-order valence-electron chi connectivity index (χ2n) is 5.42. The van der Waals surface area contributed by atoms with Gasteiger partial charge in [-0.1, -0.05) is 36.4 Å². The summed E-state index contributed by atoms with van der Waals surface area (Å²) in [5.74, 6) is 1.56. The third kappa shape index (κ3) is 4.22. The zero-order valence-corrected chi connectivity index (χ0v) is 15.7. The van der Waals surface area contributed by atoms with E-state index in [0.717, 1.165) is 16.3 Å². The molecule has 124 valence electrons. The Morgan fingerprint density at radius 2 is 1.84 bits per heavy atom. The maximum atomic E-state index is 9.56. The maximum Gasteiger partial charge on any atom is 0.127 e. The van der Waals surface area contributed by atoms with Gasteiger partial charge in [0, 0.05) is 16.2 Å². The van der Waals surface area contributed by atoms with Crippen molar-refractivity contribution < 1.29 is 0 Å². The van der Waals surface area contributed by atoms with Crippen molar-refractivity contribution in [3.05, 3.63) is 71.5 Å². The van der Waals surface area contributed by atoms with E-state index in [2.05, 4.69) is 40.3 Å². The van der Waals surface area contributed by atoms with E-state index < -0.39 is 0 Å². The van der Waals surface area contributed by atoms with Gasteiger partial charge in [0.05, 0.1) is 5.69 Å². The first-order chi connectivity index (χ1) is 12.2. The van der Waals surface area contributed by atoms with Gasteiger partial charge in [0.1, 0.15) is 22.5 Å². The Morgan fingerprint density at radius 3 is 2.56 bits per heavy atom. The first kappa shape index (κ1) is 17.5. The van der Waals surface area contributed by atoms with Crippen molar-refractivity contribution in [3.8, 4) is 17.3 Å². The van der Waals surface area contributed by atoms with Crippen LogP contribution in [0.25, 0.3) is 11.3 Å². The maximum absolute atomic E-state index is 9.56. The summed E-state index contributed by atoms with van der Waals surface area (Å²) in [4.78, 5) is 10.1. The van der Waals surface area contributed by atoms with Gasteiger partial charge < -0.3 is 0 Å². The molecule has 0 amide bonds. The Labute approximate surface area is 156 Å². The second-order valence-corrected chi connectivity index (χ2v) is 7.26. The van der Waals surface area contributed by atoms with Crippen molar-refractivity contribution in [2.75, 3.05) is 6.26 Å². The van der Waals surface area contributed by atoms with E-state index in [0.29, 0.717) is 17.1 Å². The first-order valence-electron chi connectivity index (χ1n) is 7.81. The predicted molar refractivity (Wildman–Crippen MR) is 105 cm³/mol. The topological polar surface area (TPSA) is 49.6 Å². The highest BCUT2D eigenvalue weighted by Crippen LogP contribution is 2.30. The molecule has 3 aromatic rings. The lowest BCUT2D eigenvalue weighted by Gasteiger charge is -2.10. The number of thioether (sulfide) groups is 2. The van der Waals surface area contributed by atoms with E-state index in [4.69, 9.17) is 0 Å². The van der Waals surface area contributed by atoms with Crippen LogP contribution < -0.4 is 0 Å². The highest BCUT2D eigenvalue weighted by molar-refractivity contribution is 7.98. The average molecular weight is 364 g/mol. The molecule has 1 heterocycles. The Balaban J connectivity index is 1.92. The van der Waals surface area contributed by atoms with E-state index >= 15 is 0 Å². The van der Waals surface area contributed by atoms with E-state index in [1.54, 1.807) is 11.8 Å². The van der Waals surface area contributed by atoms with Crippen LogP contribution in [0.3, 0.4) is 0 Å². The fraction of sp³-hybridized carbons (Fsp3) is 0.150. The molecule has 0 unspecified atom stereocenters. The van der Waals surface area contributed by atoms with Crippen LogP contribution in [0.4, 0.5) is 0 Å². The summed E-state index contributed by atoms with van der Waals surface area (Å²) in [5.41, 5.74) is 3.43. The molecule has 0 bridgehead atoms. The molecule has 0 aliphatic heterocycles. The summed E-state index contributed by atoms with van der Waals surface area (Å²) < 4.78 is 0. The van der Waals surface area contributed by atoms with Gasteiger partial charge in [-0.2, -0.15) is 5.26 Å². The predicted octanol–water partition coefficient (Wildman–Crippen LogP) is 5.34. The Kier molecular flexibility index (Phi) is 5.75. The molecule has 1 aromatic heterocycles. The summed E-state index contributed by atoms with van der Waals surface area (Å²) in [7, 11) is 0. The highest BCUT2D eigenvalue weighted by Gasteiger charge is 2.14. The molecule has 0 aliphatic carbocycles. The third-order valence-corrected chi connectivity index (χ3v) is 5.41.